The second-order valence-corrected chi connectivity index (χ2v) is 8.40. The highest BCUT2D eigenvalue weighted by Crippen LogP contribution is 2.56. The molecule has 120 valence electrons. The van der Waals surface area contributed by atoms with Crippen molar-refractivity contribution in [1.82, 2.24) is 0 Å². The molecule has 0 amide bonds. The Morgan fingerprint density at radius 2 is 2.23 bits per heavy atom. The van der Waals surface area contributed by atoms with E-state index in [1.807, 2.05) is 0 Å². The normalized spacial score (nSPS) is 54.1. The van der Waals surface area contributed by atoms with Crippen molar-refractivity contribution in [2.45, 2.75) is 69.7 Å². The van der Waals surface area contributed by atoms with Crippen LogP contribution in [0.15, 0.2) is 12.2 Å². The van der Waals surface area contributed by atoms with Crippen molar-refractivity contribution in [1.29, 1.82) is 0 Å². The van der Waals surface area contributed by atoms with Crippen molar-refractivity contribution in [3.63, 3.8) is 0 Å². The zero-order chi connectivity index (χ0) is 14.9. The van der Waals surface area contributed by atoms with Crippen LogP contribution in [-0.4, -0.2) is 23.8 Å². The highest BCUT2D eigenvalue weighted by Gasteiger charge is 2.59. The maximum Gasteiger partial charge on any atom is 0.338 e. The average molecular weight is 302 g/mol. The maximum absolute atomic E-state index is 12.6. The largest absolute Gasteiger partial charge is 0.457 e. The highest BCUT2D eigenvalue weighted by atomic mass is 16.6. The Hall–Kier alpha value is -0.830. The van der Waals surface area contributed by atoms with E-state index in [1.165, 1.54) is 25.7 Å². The SMILES string of the molecule is CCC1CC2CCC1(OC(=O)C1OC1C1CC3C=CC1C3)C2. The van der Waals surface area contributed by atoms with Gasteiger partial charge in [-0.2, -0.15) is 0 Å². The number of carbonyl (C=O) groups excluding carboxylic acids is 1. The molecule has 0 radical (unpaired) electrons. The van der Waals surface area contributed by atoms with E-state index in [2.05, 4.69) is 19.1 Å². The Balaban J connectivity index is 1.24. The fraction of sp³-hybridized carbons (Fsp3) is 0.842. The number of allylic oxidation sites excluding steroid dienone is 2. The van der Waals surface area contributed by atoms with Gasteiger partial charge in [0.1, 0.15) is 5.60 Å². The summed E-state index contributed by atoms with van der Waals surface area (Å²) in [5, 5.41) is 0. The fourth-order valence-electron chi connectivity index (χ4n) is 6.14. The molecule has 3 nitrogen and oxygen atoms in total. The summed E-state index contributed by atoms with van der Waals surface area (Å²) in [7, 11) is 0. The second kappa shape index (κ2) is 4.59. The van der Waals surface area contributed by atoms with Crippen LogP contribution in [0.3, 0.4) is 0 Å². The molecule has 5 aliphatic rings. The van der Waals surface area contributed by atoms with E-state index in [9.17, 15) is 4.79 Å². The lowest BCUT2D eigenvalue weighted by atomic mass is 9.83. The van der Waals surface area contributed by atoms with Crippen LogP contribution in [0.2, 0.25) is 0 Å². The van der Waals surface area contributed by atoms with E-state index in [0.29, 0.717) is 17.8 Å². The number of carbonyl (C=O) groups is 1. The third-order valence-corrected chi connectivity index (χ3v) is 7.28. The first-order chi connectivity index (χ1) is 10.7. The number of rotatable bonds is 4. The minimum atomic E-state index is -0.260. The molecule has 0 aromatic rings. The highest BCUT2D eigenvalue weighted by molar-refractivity contribution is 5.78. The van der Waals surface area contributed by atoms with Gasteiger partial charge in [-0.3, -0.25) is 0 Å². The minimum absolute atomic E-state index is 0.0576. The van der Waals surface area contributed by atoms with Gasteiger partial charge >= 0.3 is 5.97 Å². The minimum Gasteiger partial charge on any atom is -0.457 e. The van der Waals surface area contributed by atoms with Crippen LogP contribution >= 0.6 is 0 Å². The monoisotopic (exact) mass is 302 g/mol. The molecule has 0 aromatic carbocycles. The summed E-state index contributed by atoms with van der Waals surface area (Å²) in [4.78, 5) is 12.6. The molecule has 1 aliphatic heterocycles. The van der Waals surface area contributed by atoms with Crippen LogP contribution in [0.25, 0.3) is 0 Å². The van der Waals surface area contributed by atoms with E-state index < -0.39 is 0 Å². The Bertz CT molecular complexity index is 527. The van der Waals surface area contributed by atoms with Gasteiger partial charge in [-0.15, -0.1) is 0 Å². The molecule has 4 fully saturated rings. The van der Waals surface area contributed by atoms with Crippen LogP contribution in [0.4, 0.5) is 0 Å². The standard InChI is InChI=1S/C19H26O3/c1-2-14-8-12-5-6-19(14,10-12)22-18(20)17-16(21-17)15-9-11-3-4-13(15)7-11/h3-4,11-17H,2,5-10H2,1H3. The summed E-state index contributed by atoms with van der Waals surface area (Å²) < 4.78 is 11.9. The Morgan fingerprint density at radius 3 is 2.91 bits per heavy atom. The summed E-state index contributed by atoms with van der Waals surface area (Å²) in [5.41, 5.74) is -0.137. The van der Waals surface area contributed by atoms with Gasteiger partial charge in [0, 0.05) is 0 Å². The summed E-state index contributed by atoms with van der Waals surface area (Å²) in [6.07, 6.45) is 12.9. The molecule has 0 spiro atoms. The van der Waals surface area contributed by atoms with Crippen molar-refractivity contribution in [3.05, 3.63) is 12.2 Å². The van der Waals surface area contributed by atoms with Crippen LogP contribution in [0.1, 0.15) is 51.9 Å². The molecule has 5 rings (SSSR count). The molecule has 1 saturated heterocycles. The van der Waals surface area contributed by atoms with Crippen LogP contribution in [0, 0.1) is 29.6 Å². The van der Waals surface area contributed by atoms with Gasteiger partial charge in [-0.25, -0.2) is 4.79 Å². The van der Waals surface area contributed by atoms with Crippen molar-refractivity contribution < 1.29 is 14.3 Å². The first kappa shape index (κ1) is 13.6. The van der Waals surface area contributed by atoms with Gasteiger partial charge in [0.05, 0.1) is 6.10 Å². The molecule has 0 aromatic heterocycles. The molecular weight excluding hydrogens is 276 g/mol. The van der Waals surface area contributed by atoms with Crippen molar-refractivity contribution >= 4 is 5.97 Å². The zero-order valence-corrected chi connectivity index (χ0v) is 13.4. The molecule has 3 heteroatoms. The number of esters is 1. The van der Waals surface area contributed by atoms with Gasteiger partial charge in [0.2, 0.25) is 0 Å². The Morgan fingerprint density at radius 1 is 1.32 bits per heavy atom. The van der Waals surface area contributed by atoms with Gasteiger partial charge in [0.25, 0.3) is 0 Å². The van der Waals surface area contributed by atoms with Gasteiger partial charge in [-0.05, 0) is 74.5 Å². The van der Waals surface area contributed by atoms with Crippen molar-refractivity contribution in [3.8, 4) is 0 Å². The number of hydrogen-bond acceptors (Lipinski definition) is 3. The Kier molecular flexibility index (Phi) is 2.84. The lowest BCUT2D eigenvalue weighted by Crippen LogP contribution is -2.39. The van der Waals surface area contributed by atoms with Crippen LogP contribution in [-0.2, 0) is 14.3 Å². The maximum atomic E-state index is 12.6. The molecule has 4 bridgehead atoms. The molecular formula is C19H26O3. The molecule has 1 heterocycles. The molecule has 4 aliphatic carbocycles. The molecule has 8 unspecified atom stereocenters. The quantitative estimate of drug-likeness (QED) is 0.453. The van der Waals surface area contributed by atoms with Gasteiger partial charge < -0.3 is 9.47 Å². The third-order valence-electron chi connectivity index (χ3n) is 7.28. The average Bonchev–Trinajstić information content (AvgIpc) is 2.90. The van der Waals surface area contributed by atoms with Crippen LogP contribution in [0.5, 0.6) is 0 Å². The predicted molar refractivity (Wildman–Crippen MR) is 82.1 cm³/mol. The second-order valence-electron chi connectivity index (χ2n) is 8.40. The van der Waals surface area contributed by atoms with Crippen LogP contribution < -0.4 is 0 Å². The summed E-state index contributed by atoms with van der Waals surface area (Å²) in [6, 6.07) is 0. The van der Waals surface area contributed by atoms with E-state index in [1.54, 1.807) is 0 Å². The van der Waals surface area contributed by atoms with Crippen molar-refractivity contribution in [2.24, 2.45) is 29.6 Å². The van der Waals surface area contributed by atoms with E-state index >= 15 is 0 Å². The van der Waals surface area contributed by atoms with Gasteiger partial charge in [-0.1, -0.05) is 19.1 Å². The molecule has 22 heavy (non-hydrogen) atoms. The summed E-state index contributed by atoms with van der Waals surface area (Å²) in [6.45, 7) is 2.24. The van der Waals surface area contributed by atoms with E-state index in [-0.39, 0.29) is 23.8 Å². The smallest absolute Gasteiger partial charge is 0.338 e. The van der Waals surface area contributed by atoms with E-state index in [0.717, 1.165) is 31.1 Å². The molecule has 3 saturated carbocycles. The predicted octanol–water partition coefficient (Wildman–Crippen LogP) is 3.48. The first-order valence-electron chi connectivity index (χ1n) is 9.25. The van der Waals surface area contributed by atoms with E-state index in [4.69, 9.17) is 9.47 Å². The topological polar surface area (TPSA) is 38.8 Å². The first-order valence-corrected chi connectivity index (χ1v) is 9.25. The Labute approximate surface area is 132 Å². The molecule has 8 atom stereocenters. The zero-order valence-electron chi connectivity index (χ0n) is 13.4. The fourth-order valence-corrected chi connectivity index (χ4v) is 6.14. The van der Waals surface area contributed by atoms with Crippen molar-refractivity contribution in [2.75, 3.05) is 0 Å². The lowest BCUT2D eigenvalue weighted by Gasteiger charge is -2.34. The third kappa shape index (κ3) is 1.87. The molecule has 0 N–H and O–H groups in total. The lowest BCUT2D eigenvalue weighted by molar-refractivity contribution is -0.165. The summed E-state index contributed by atoms with van der Waals surface area (Å²) >= 11 is 0. The van der Waals surface area contributed by atoms with Gasteiger partial charge in [0.15, 0.2) is 6.10 Å². The number of hydrogen-bond donors (Lipinski definition) is 0. The number of ether oxygens (including phenoxy) is 2. The summed E-state index contributed by atoms with van der Waals surface area (Å²) in [5.74, 6) is 3.27. The number of fused-ring (bicyclic) bond motifs is 4. The number of epoxide rings is 1.